The van der Waals surface area contributed by atoms with Crippen molar-refractivity contribution >= 4 is 34.0 Å². The Morgan fingerprint density at radius 2 is 2.25 bits per heavy atom. The van der Waals surface area contributed by atoms with Crippen molar-refractivity contribution in [2.45, 2.75) is 32.7 Å². The summed E-state index contributed by atoms with van der Waals surface area (Å²) in [5.74, 6) is -0.941. The Morgan fingerprint density at radius 1 is 1.50 bits per heavy atom. The van der Waals surface area contributed by atoms with Gasteiger partial charge in [0.15, 0.2) is 12.4 Å². The second-order valence-electron chi connectivity index (χ2n) is 5.48. The zero-order chi connectivity index (χ0) is 17.4. The summed E-state index contributed by atoms with van der Waals surface area (Å²) in [5, 5.41) is 14.0. The van der Waals surface area contributed by atoms with Crippen LogP contribution in [0.2, 0.25) is 0 Å². The van der Waals surface area contributed by atoms with Crippen LogP contribution < -0.4 is 11.1 Å². The van der Waals surface area contributed by atoms with Gasteiger partial charge >= 0.3 is 5.82 Å². The van der Waals surface area contributed by atoms with Crippen molar-refractivity contribution in [3.8, 4) is 0 Å². The van der Waals surface area contributed by atoms with Crippen LogP contribution in [0.1, 0.15) is 33.0 Å². The number of amides is 2. The lowest BCUT2D eigenvalue weighted by Gasteiger charge is -2.06. The minimum Gasteiger partial charge on any atom is -0.365 e. The molecule has 0 radical (unpaired) electrons. The van der Waals surface area contributed by atoms with E-state index in [1.165, 1.54) is 15.9 Å². The molecule has 0 aliphatic heterocycles. The Kier molecular flexibility index (Phi) is 4.06. The summed E-state index contributed by atoms with van der Waals surface area (Å²) < 4.78 is 1.21. The Bertz CT molecular complexity index is 854. The lowest BCUT2D eigenvalue weighted by molar-refractivity contribution is -0.392. The Morgan fingerprint density at radius 3 is 2.92 bits per heavy atom. The first-order valence-corrected chi connectivity index (χ1v) is 8.11. The van der Waals surface area contributed by atoms with Crippen molar-refractivity contribution in [3.63, 3.8) is 0 Å². The number of imidazole rings is 1. The molecule has 2 aromatic rings. The number of hydrogen-bond acceptors (Lipinski definition) is 6. The van der Waals surface area contributed by atoms with Gasteiger partial charge in [0.05, 0.1) is 5.56 Å². The number of thiophene rings is 1. The molecule has 0 bridgehead atoms. The molecule has 2 heterocycles. The van der Waals surface area contributed by atoms with Gasteiger partial charge in [0.2, 0.25) is 0 Å². The van der Waals surface area contributed by atoms with Gasteiger partial charge in [-0.3, -0.25) is 9.59 Å². The number of fused-ring (bicyclic) bond motifs is 1. The molecule has 0 fully saturated rings. The molecule has 24 heavy (non-hydrogen) atoms. The smallest absolute Gasteiger partial charge is 0.343 e. The van der Waals surface area contributed by atoms with Crippen molar-refractivity contribution in [2.24, 2.45) is 5.73 Å². The lowest BCUT2D eigenvalue weighted by atomic mass is 10.1. The van der Waals surface area contributed by atoms with Crippen LogP contribution in [-0.4, -0.2) is 26.3 Å². The number of anilines is 1. The fraction of sp³-hybridized carbons (Fsp3) is 0.357. The molecule has 0 saturated heterocycles. The highest BCUT2D eigenvalue weighted by Crippen LogP contribution is 2.38. The van der Waals surface area contributed by atoms with Crippen molar-refractivity contribution in [2.75, 3.05) is 5.32 Å². The van der Waals surface area contributed by atoms with Gasteiger partial charge in [-0.25, -0.2) is 9.55 Å². The summed E-state index contributed by atoms with van der Waals surface area (Å²) in [6.45, 7) is 1.32. The SMILES string of the molecule is Cc1ncc([N+](=O)[O-])n1CC(=O)Nc1sc2c(c1C(N)=O)CCC2. The maximum absolute atomic E-state index is 12.3. The van der Waals surface area contributed by atoms with E-state index in [0.29, 0.717) is 16.4 Å². The molecule has 3 rings (SSSR count). The summed E-state index contributed by atoms with van der Waals surface area (Å²) in [6, 6.07) is 0. The maximum atomic E-state index is 12.3. The van der Waals surface area contributed by atoms with E-state index in [2.05, 4.69) is 10.3 Å². The summed E-state index contributed by atoms with van der Waals surface area (Å²) in [5.41, 5.74) is 6.71. The van der Waals surface area contributed by atoms with Crippen LogP contribution in [0.15, 0.2) is 6.20 Å². The third-order valence-electron chi connectivity index (χ3n) is 3.94. The van der Waals surface area contributed by atoms with Crippen LogP contribution in [0, 0.1) is 17.0 Å². The second-order valence-corrected chi connectivity index (χ2v) is 6.59. The number of nitrogens with zero attached hydrogens (tertiary/aromatic N) is 3. The van der Waals surface area contributed by atoms with Gasteiger partial charge in [-0.15, -0.1) is 11.3 Å². The van der Waals surface area contributed by atoms with Gasteiger partial charge in [-0.05, 0) is 29.7 Å². The molecule has 2 amide bonds. The number of primary amides is 1. The van der Waals surface area contributed by atoms with Crippen LogP contribution in [0.25, 0.3) is 0 Å². The molecule has 2 aromatic heterocycles. The Balaban J connectivity index is 1.83. The average molecular weight is 349 g/mol. The van der Waals surface area contributed by atoms with Gasteiger partial charge in [0.1, 0.15) is 11.2 Å². The number of aromatic nitrogens is 2. The fourth-order valence-corrected chi connectivity index (χ4v) is 4.17. The molecule has 0 unspecified atom stereocenters. The molecule has 0 saturated carbocycles. The van der Waals surface area contributed by atoms with Gasteiger partial charge in [-0.1, -0.05) is 0 Å². The normalized spacial score (nSPS) is 12.9. The number of nitro groups is 1. The number of nitrogens with two attached hydrogens (primary N) is 1. The van der Waals surface area contributed by atoms with Crippen LogP contribution in [0.3, 0.4) is 0 Å². The van der Waals surface area contributed by atoms with E-state index in [1.807, 2.05) is 0 Å². The van der Waals surface area contributed by atoms with Gasteiger partial charge in [-0.2, -0.15) is 0 Å². The first kappa shape index (κ1) is 16.1. The number of carbonyl (C=O) groups excluding carboxylic acids is 2. The zero-order valence-corrected chi connectivity index (χ0v) is 13.7. The maximum Gasteiger partial charge on any atom is 0.343 e. The molecule has 0 aromatic carbocycles. The summed E-state index contributed by atoms with van der Waals surface area (Å²) >= 11 is 1.34. The summed E-state index contributed by atoms with van der Waals surface area (Å²) in [7, 11) is 0. The molecule has 1 aliphatic carbocycles. The molecule has 126 valence electrons. The number of hydrogen-bond donors (Lipinski definition) is 2. The standard InChI is InChI=1S/C14H15N5O4S/c1-7-16-5-11(19(22)23)18(7)6-10(20)17-14-12(13(15)21)8-3-2-4-9(8)24-14/h5H,2-4,6H2,1H3,(H2,15,21)(H,17,20). The summed E-state index contributed by atoms with van der Waals surface area (Å²) in [4.78, 5) is 39.3. The molecule has 1 aliphatic rings. The van der Waals surface area contributed by atoms with E-state index < -0.39 is 16.7 Å². The lowest BCUT2D eigenvalue weighted by Crippen LogP contribution is -2.22. The Labute approximate surface area is 140 Å². The molecule has 10 heteroatoms. The van der Waals surface area contributed by atoms with Gasteiger partial charge in [0, 0.05) is 11.8 Å². The predicted molar refractivity (Wildman–Crippen MR) is 87.1 cm³/mol. The molecule has 9 nitrogen and oxygen atoms in total. The van der Waals surface area contributed by atoms with Crippen LogP contribution >= 0.6 is 11.3 Å². The highest BCUT2D eigenvalue weighted by molar-refractivity contribution is 7.17. The van der Waals surface area contributed by atoms with Gasteiger partial charge < -0.3 is 21.2 Å². The Hall–Kier alpha value is -2.75. The fourth-order valence-electron chi connectivity index (χ4n) is 2.86. The van der Waals surface area contributed by atoms with Crippen LogP contribution in [0.4, 0.5) is 10.8 Å². The predicted octanol–water partition coefficient (Wildman–Crippen LogP) is 1.39. The topological polar surface area (TPSA) is 133 Å². The van der Waals surface area contributed by atoms with E-state index in [4.69, 9.17) is 5.73 Å². The van der Waals surface area contributed by atoms with E-state index in [-0.39, 0.29) is 12.4 Å². The van der Waals surface area contributed by atoms with Crippen molar-refractivity contribution in [1.29, 1.82) is 0 Å². The first-order chi connectivity index (χ1) is 11.4. The van der Waals surface area contributed by atoms with E-state index in [0.717, 1.165) is 35.9 Å². The van der Waals surface area contributed by atoms with Crippen LogP contribution in [0.5, 0.6) is 0 Å². The van der Waals surface area contributed by atoms with E-state index in [9.17, 15) is 19.7 Å². The minimum atomic E-state index is -0.595. The van der Waals surface area contributed by atoms with Crippen molar-refractivity contribution in [3.05, 3.63) is 38.1 Å². The highest BCUT2D eigenvalue weighted by Gasteiger charge is 2.27. The van der Waals surface area contributed by atoms with Crippen molar-refractivity contribution < 1.29 is 14.5 Å². The largest absolute Gasteiger partial charge is 0.365 e. The molecule has 0 atom stereocenters. The second kappa shape index (κ2) is 6.04. The minimum absolute atomic E-state index is 0.258. The highest BCUT2D eigenvalue weighted by atomic mass is 32.1. The quantitative estimate of drug-likeness (QED) is 0.621. The third kappa shape index (κ3) is 2.75. The van der Waals surface area contributed by atoms with Crippen LogP contribution in [-0.2, 0) is 24.2 Å². The summed E-state index contributed by atoms with van der Waals surface area (Å²) in [6.07, 6.45) is 3.71. The average Bonchev–Trinajstić information content (AvgIpc) is 3.14. The molecular formula is C14H15N5O4S. The van der Waals surface area contributed by atoms with Gasteiger partial charge in [0.25, 0.3) is 11.8 Å². The number of rotatable bonds is 5. The number of aryl methyl sites for hydroxylation is 2. The zero-order valence-electron chi connectivity index (χ0n) is 12.9. The van der Waals surface area contributed by atoms with E-state index in [1.54, 1.807) is 6.92 Å². The van der Waals surface area contributed by atoms with E-state index >= 15 is 0 Å². The number of carbonyl (C=O) groups is 2. The monoisotopic (exact) mass is 349 g/mol. The third-order valence-corrected chi connectivity index (χ3v) is 5.15. The van der Waals surface area contributed by atoms with Crippen molar-refractivity contribution in [1.82, 2.24) is 9.55 Å². The first-order valence-electron chi connectivity index (χ1n) is 7.29. The number of nitrogens with one attached hydrogen (secondary N) is 1. The molecule has 0 spiro atoms. The molecule has 3 N–H and O–H groups in total. The molecular weight excluding hydrogens is 334 g/mol.